The minimum absolute atomic E-state index is 0.686. The smallest absolute Gasteiger partial charge is 0.160 e. The molecule has 0 radical (unpaired) electrons. The second-order valence-corrected chi connectivity index (χ2v) is 20.2. The van der Waals surface area contributed by atoms with Gasteiger partial charge in [-0.05, 0) is 147 Å². The van der Waals surface area contributed by atoms with E-state index in [-0.39, 0.29) is 0 Å². The summed E-state index contributed by atoms with van der Waals surface area (Å²) in [6.45, 7) is 13.3. The van der Waals surface area contributed by atoms with Crippen LogP contribution >= 0.6 is 0 Å². The Kier molecular flexibility index (Phi) is 10.8. The maximum Gasteiger partial charge on any atom is 0.160 e. The number of hydrogen-bond acceptors (Lipinski definition) is 2. The molecule has 10 aromatic carbocycles. The van der Waals surface area contributed by atoms with Gasteiger partial charge in [0.2, 0.25) is 0 Å². The van der Waals surface area contributed by atoms with Gasteiger partial charge in [0.15, 0.2) is 5.82 Å². The average molecular weight is 951 g/mol. The fraction of sp³-hybridized carbons (Fsp3) is 0.0857. The number of hydrogen-bond donors (Lipinski definition) is 0. The van der Waals surface area contributed by atoms with E-state index in [2.05, 4.69) is 257 Å². The highest BCUT2D eigenvalue weighted by Gasteiger charge is 2.23. The minimum atomic E-state index is 0.686. The van der Waals surface area contributed by atoms with Crippen LogP contribution in [0.1, 0.15) is 33.4 Å². The Bertz CT molecular complexity index is 4260. The standard InChI is InChI=1S/C70H54N4/c1-43-35-45(3)68(46(4)36-43)52-30-33-66-58(40-52)55-24-14-17-27-63(55)73(66)62-26-16-13-23-54(62)57-39-51(61-42-60(49-19-9-7-10-20-49)71-70(72-61)50-21-11-8-12-22-50)29-32-65(57)74-64-28-18-15-25-56(64)59-41-53(31-34-67(59)74)69-47(5)37-44(2)38-48(69)6/h7-42H,1-6H3. The van der Waals surface area contributed by atoms with E-state index in [1.807, 2.05) is 12.1 Å². The zero-order valence-corrected chi connectivity index (χ0v) is 42.6. The Morgan fingerprint density at radius 1 is 0.284 bits per heavy atom. The highest BCUT2D eigenvalue weighted by Crippen LogP contribution is 2.44. The zero-order chi connectivity index (χ0) is 50.2. The molecule has 0 saturated heterocycles. The van der Waals surface area contributed by atoms with Crippen LogP contribution in [0.3, 0.4) is 0 Å². The molecule has 3 heterocycles. The number of aryl methyl sites for hydroxylation is 6. The molecular formula is C70H54N4. The Morgan fingerprint density at radius 3 is 1.24 bits per heavy atom. The van der Waals surface area contributed by atoms with Crippen LogP contribution < -0.4 is 0 Å². The highest BCUT2D eigenvalue weighted by atomic mass is 15.0. The molecule has 74 heavy (non-hydrogen) atoms. The van der Waals surface area contributed by atoms with E-state index in [4.69, 9.17) is 9.97 Å². The SMILES string of the molecule is Cc1cc(C)c(-c2ccc3c(c2)c2ccccc2n3-c2ccccc2-c2cc(-c3cc(-c4ccccc4)nc(-c4ccccc4)n3)ccc2-n2c3ccccc3c3cc(-c4c(C)cc(C)cc4C)ccc32)c(C)c1. The molecule has 354 valence electrons. The molecule has 0 spiro atoms. The third kappa shape index (κ3) is 7.52. The van der Waals surface area contributed by atoms with Gasteiger partial charge in [-0.1, -0.05) is 169 Å². The van der Waals surface area contributed by atoms with Crippen molar-refractivity contribution >= 4 is 43.6 Å². The van der Waals surface area contributed by atoms with Gasteiger partial charge in [-0.2, -0.15) is 0 Å². The molecule has 0 aliphatic carbocycles. The molecule has 0 amide bonds. The van der Waals surface area contributed by atoms with Gasteiger partial charge in [0.05, 0.1) is 44.8 Å². The first kappa shape index (κ1) is 44.8. The summed E-state index contributed by atoms with van der Waals surface area (Å²) in [4.78, 5) is 10.5. The van der Waals surface area contributed by atoms with Crippen molar-refractivity contribution in [2.45, 2.75) is 41.5 Å². The number of benzene rings is 10. The highest BCUT2D eigenvalue weighted by molar-refractivity contribution is 6.13. The summed E-state index contributed by atoms with van der Waals surface area (Å²) in [6.07, 6.45) is 0. The van der Waals surface area contributed by atoms with E-state index in [9.17, 15) is 0 Å². The van der Waals surface area contributed by atoms with Gasteiger partial charge in [-0.3, -0.25) is 0 Å². The molecule has 13 rings (SSSR count). The molecule has 0 fully saturated rings. The van der Waals surface area contributed by atoms with Crippen LogP contribution in [0, 0.1) is 41.5 Å². The van der Waals surface area contributed by atoms with Crippen LogP contribution in [0.5, 0.6) is 0 Å². The topological polar surface area (TPSA) is 35.6 Å². The first-order valence-corrected chi connectivity index (χ1v) is 25.6. The molecule has 4 nitrogen and oxygen atoms in total. The van der Waals surface area contributed by atoms with Crippen LogP contribution in [0.25, 0.3) is 122 Å². The fourth-order valence-electron chi connectivity index (χ4n) is 12.1. The summed E-state index contributed by atoms with van der Waals surface area (Å²) in [5, 5.41) is 4.87. The maximum atomic E-state index is 5.37. The number of fused-ring (bicyclic) bond motifs is 6. The van der Waals surface area contributed by atoms with E-state index in [1.54, 1.807) is 0 Å². The predicted octanol–water partition coefficient (Wildman–Crippen LogP) is 18.5. The molecule has 0 saturated carbocycles. The lowest BCUT2D eigenvalue weighted by Crippen LogP contribution is -2.02. The van der Waals surface area contributed by atoms with Gasteiger partial charge in [0.25, 0.3) is 0 Å². The number of aromatic nitrogens is 4. The lowest BCUT2D eigenvalue weighted by atomic mass is 9.93. The van der Waals surface area contributed by atoms with Crippen molar-refractivity contribution < 1.29 is 0 Å². The van der Waals surface area contributed by atoms with Crippen molar-refractivity contribution in [3.8, 4) is 78.7 Å². The van der Waals surface area contributed by atoms with E-state index >= 15 is 0 Å². The van der Waals surface area contributed by atoms with Gasteiger partial charge in [-0.15, -0.1) is 0 Å². The van der Waals surface area contributed by atoms with Crippen LogP contribution in [-0.4, -0.2) is 19.1 Å². The molecule has 0 unspecified atom stereocenters. The summed E-state index contributed by atoms with van der Waals surface area (Å²) < 4.78 is 4.96. The molecule has 0 aliphatic heterocycles. The molecular weight excluding hydrogens is 897 g/mol. The van der Waals surface area contributed by atoms with Crippen molar-refractivity contribution in [1.29, 1.82) is 0 Å². The molecule has 3 aromatic heterocycles. The predicted molar refractivity (Wildman–Crippen MR) is 312 cm³/mol. The summed E-state index contributed by atoms with van der Waals surface area (Å²) in [6, 6.07) is 79.8. The average Bonchev–Trinajstić information content (AvgIpc) is 3.93. The van der Waals surface area contributed by atoms with Gasteiger partial charge in [0.1, 0.15) is 0 Å². The maximum absolute atomic E-state index is 5.37. The Labute approximate surface area is 432 Å². The zero-order valence-electron chi connectivity index (χ0n) is 42.6. The van der Waals surface area contributed by atoms with E-state index < -0.39 is 0 Å². The summed E-state index contributed by atoms with van der Waals surface area (Å²) in [7, 11) is 0. The van der Waals surface area contributed by atoms with Gasteiger partial charge >= 0.3 is 0 Å². The van der Waals surface area contributed by atoms with Crippen molar-refractivity contribution in [3.63, 3.8) is 0 Å². The van der Waals surface area contributed by atoms with E-state index in [0.29, 0.717) is 5.82 Å². The quantitative estimate of drug-likeness (QED) is 0.152. The molecule has 0 N–H and O–H groups in total. The van der Waals surface area contributed by atoms with Crippen molar-refractivity contribution in [2.75, 3.05) is 0 Å². The third-order valence-corrected chi connectivity index (χ3v) is 15.1. The first-order chi connectivity index (χ1) is 36.2. The fourth-order valence-corrected chi connectivity index (χ4v) is 12.1. The van der Waals surface area contributed by atoms with E-state index in [0.717, 1.165) is 72.6 Å². The van der Waals surface area contributed by atoms with Gasteiger partial charge in [-0.25, -0.2) is 9.97 Å². The monoisotopic (exact) mass is 950 g/mol. The molecule has 0 atom stereocenters. The Morgan fingerprint density at radius 2 is 0.703 bits per heavy atom. The molecule has 0 bridgehead atoms. The molecule has 13 aromatic rings. The van der Waals surface area contributed by atoms with Gasteiger partial charge in [0, 0.05) is 49.4 Å². The van der Waals surface area contributed by atoms with Crippen molar-refractivity contribution in [1.82, 2.24) is 19.1 Å². The van der Waals surface area contributed by atoms with Crippen LogP contribution in [0.4, 0.5) is 0 Å². The van der Waals surface area contributed by atoms with E-state index in [1.165, 1.54) is 77.2 Å². The number of para-hydroxylation sites is 3. The Balaban J connectivity index is 1.09. The largest absolute Gasteiger partial charge is 0.309 e. The molecule has 0 aliphatic rings. The number of nitrogens with zero attached hydrogens (tertiary/aromatic N) is 4. The summed E-state index contributed by atoms with van der Waals surface area (Å²) in [5.74, 6) is 0.686. The summed E-state index contributed by atoms with van der Waals surface area (Å²) in [5.41, 5.74) is 26.5. The second kappa shape index (κ2) is 17.9. The van der Waals surface area contributed by atoms with Crippen molar-refractivity contribution in [3.05, 3.63) is 252 Å². The van der Waals surface area contributed by atoms with Crippen LogP contribution in [0.15, 0.2) is 218 Å². The Hall–Kier alpha value is -9.12. The van der Waals surface area contributed by atoms with Gasteiger partial charge < -0.3 is 9.13 Å². The molecule has 4 heteroatoms. The number of rotatable bonds is 8. The summed E-state index contributed by atoms with van der Waals surface area (Å²) >= 11 is 0. The lowest BCUT2D eigenvalue weighted by Gasteiger charge is -2.20. The minimum Gasteiger partial charge on any atom is -0.309 e. The second-order valence-electron chi connectivity index (χ2n) is 20.2. The van der Waals surface area contributed by atoms with Crippen LogP contribution in [0.2, 0.25) is 0 Å². The van der Waals surface area contributed by atoms with Crippen molar-refractivity contribution in [2.24, 2.45) is 0 Å². The van der Waals surface area contributed by atoms with Crippen LogP contribution in [-0.2, 0) is 0 Å². The first-order valence-electron chi connectivity index (χ1n) is 25.6. The lowest BCUT2D eigenvalue weighted by molar-refractivity contribution is 1.16. The normalized spacial score (nSPS) is 11.6. The third-order valence-electron chi connectivity index (χ3n) is 15.1.